The average molecular weight is 335 g/mol. The molecule has 0 radical (unpaired) electrons. The van der Waals surface area contributed by atoms with E-state index < -0.39 is 0 Å². The molecule has 124 valence electrons. The molecule has 0 aliphatic rings. The predicted molar refractivity (Wildman–Crippen MR) is 96.8 cm³/mol. The summed E-state index contributed by atoms with van der Waals surface area (Å²) in [6.07, 6.45) is 0.540. The first-order valence-electron chi connectivity index (χ1n) is 7.38. The van der Waals surface area contributed by atoms with Gasteiger partial charge in [-0.25, -0.2) is 0 Å². The van der Waals surface area contributed by atoms with E-state index in [-0.39, 0.29) is 24.4 Å². The molecule has 0 aromatic heterocycles. The highest BCUT2D eigenvalue weighted by Gasteiger charge is 2.04. The van der Waals surface area contributed by atoms with Crippen molar-refractivity contribution in [3.05, 3.63) is 59.7 Å². The first-order valence-corrected chi connectivity index (χ1v) is 7.38. The maximum Gasteiger partial charge on any atom is 0.228 e. The number of ether oxygens (including phenoxy) is 1. The average Bonchev–Trinajstić information content (AvgIpc) is 2.49. The molecule has 3 N–H and O–H groups in total. The van der Waals surface area contributed by atoms with E-state index in [0.29, 0.717) is 18.7 Å². The Morgan fingerprint density at radius 2 is 1.61 bits per heavy atom. The monoisotopic (exact) mass is 334 g/mol. The topological polar surface area (TPSA) is 64.3 Å². The van der Waals surface area contributed by atoms with E-state index in [0.717, 1.165) is 16.8 Å². The summed E-state index contributed by atoms with van der Waals surface area (Å²) in [6.45, 7) is 4.59. The summed E-state index contributed by atoms with van der Waals surface area (Å²) in [5.41, 5.74) is 9.14. The van der Waals surface area contributed by atoms with Crippen molar-refractivity contribution in [3.8, 4) is 0 Å². The lowest BCUT2D eigenvalue weighted by Crippen LogP contribution is -2.14. The Kier molecular flexibility index (Phi) is 7.59. The molecular formula is C18H23ClN2O2. The van der Waals surface area contributed by atoms with Crippen molar-refractivity contribution in [2.45, 2.75) is 33.0 Å². The number of nitrogens with two attached hydrogens (primary N) is 1. The quantitative estimate of drug-likeness (QED) is 0.790. The maximum atomic E-state index is 12.0. The second-order valence-corrected chi connectivity index (χ2v) is 5.52. The summed E-state index contributed by atoms with van der Waals surface area (Å²) in [5, 5.41) is 2.89. The number of nitrogen functional groups attached to an aromatic ring is 1. The highest BCUT2D eigenvalue weighted by atomic mass is 35.5. The number of amides is 1. The first kappa shape index (κ1) is 19.0. The van der Waals surface area contributed by atoms with Gasteiger partial charge in [-0.05, 0) is 49.2 Å². The minimum absolute atomic E-state index is 0. The van der Waals surface area contributed by atoms with Crippen molar-refractivity contribution in [2.75, 3.05) is 11.1 Å². The van der Waals surface area contributed by atoms with Crippen molar-refractivity contribution in [1.82, 2.24) is 0 Å². The number of rotatable bonds is 6. The molecule has 2 aromatic rings. The molecule has 0 bridgehead atoms. The van der Waals surface area contributed by atoms with Crippen LogP contribution < -0.4 is 11.1 Å². The van der Waals surface area contributed by atoms with E-state index in [9.17, 15) is 4.79 Å². The second-order valence-electron chi connectivity index (χ2n) is 5.52. The number of nitrogens with one attached hydrogen (secondary N) is 1. The number of benzene rings is 2. The third-order valence-electron chi connectivity index (χ3n) is 3.17. The fourth-order valence-electron chi connectivity index (χ4n) is 1.97. The van der Waals surface area contributed by atoms with Gasteiger partial charge in [-0.3, -0.25) is 4.79 Å². The highest BCUT2D eigenvalue weighted by Crippen LogP contribution is 2.12. The van der Waals surface area contributed by atoms with E-state index in [1.807, 2.05) is 50.2 Å². The number of halogens is 1. The van der Waals surface area contributed by atoms with E-state index in [1.165, 1.54) is 0 Å². The Morgan fingerprint density at radius 1 is 1.04 bits per heavy atom. The van der Waals surface area contributed by atoms with Crippen molar-refractivity contribution >= 4 is 29.7 Å². The molecule has 4 nitrogen and oxygen atoms in total. The van der Waals surface area contributed by atoms with Crippen LogP contribution in [-0.4, -0.2) is 12.0 Å². The Morgan fingerprint density at radius 3 is 2.17 bits per heavy atom. The maximum absolute atomic E-state index is 12.0. The van der Waals surface area contributed by atoms with Gasteiger partial charge < -0.3 is 15.8 Å². The van der Waals surface area contributed by atoms with E-state index in [2.05, 4.69) is 5.32 Å². The molecule has 0 saturated heterocycles. The van der Waals surface area contributed by atoms with Gasteiger partial charge in [-0.15, -0.1) is 12.4 Å². The standard InChI is InChI=1S/C18H22N2O2.ClH/c1-13(2)22-12-15-5-9-17(10-6-15)20-18(21)11-14-3-7-16(19)8-4-14;/h3-10,13H,11-12,19H2,1-2H3,(H,20,21);1H. The zero-order chi connectivity index (χ0) is 15.9. The number of anilines is 2. The highest BCUT2D eigenvalue weighted by molar-refractivity contribution is 5.92. The van der Waals surface area contributed by atoms with Gasteiger partial charge in [-0.1, -0.05) is 24.3 Å². The van der Waals surface area contributed by atoms with Gasteiger partial charge in [0.15, 0.2) is 0 Å². The molecular weight excluding hydrogens is 312 g/mol. The molecule has 1 amide bonds. The van der Waals surface area contributed by atoms with E-state index >= 15 is 0 Å². The number of hydrogen-bond acceptors (Lipinski definition) is 3. The fraction of sp³-hybridized carbons (Fsp3) is 0.278. The lowest BCUT2D eigenvalue weighted by molar-refractivity contribution is -0.115. The zero-order valence-corrected chi connectivity index (χ0v) is 14.2. The third kappa shape index (κ3) is 6.72. The molecule has 0 fully saturated rings. The number of carbonyl (C=O) groups excluding carboxylic acids is 1. The Balaban J connectivity index is 0.00000264. The van der Waals surface area contributed by atoms with Crippen LogP contribution in [0, 0.1) is 0 Å². The van der Waals surface area contributed by atoms with Crippen molar-refractivity contribution in [1.29, 1.82) is 0 Å². The molecule has 5 heteroatoms. The molecule has 0 aliphatic heterocycles. The normalized spacial score (nSPS) is 10.2. The van der Waals surface area contributed by atoms with Gasteiger partial charge in [0.25, 0.3) is 0 Å². The molecule has 0 atom stereocenters. The Hall–Kier alpha value is -2.04. The lowest BCUT2D eigenvalue weighted by atomic mass is 10.1. The second kappa shape index (κ2) is 9.18. The summed E-state index contributed by atoms with van der Waals surface area (Å²) < 4.78 is 5.54. The molecule has 0 aliphatic carbocycles. The van der Waals surface area contributed by atoms with Crippen LogP contribution in [0.1, 0.15) is 25.0 Å². The molecule has 2 aromatic carbocycles. The molecule has 0 heterocycles. The predicted octanol–water partition coefficient (Wildman–Crippen LogP) is 3.80. The summed E-state index contributed by atoms with van der Waals surface area (Å²) in [6, 6.07) is 15.0. The van der Waals surface area contributed by atoms with Crippen LogP contribution in [0.4, 0.5) is 11.4 Å². The van der Waals surface area contributed by atoms with E-state index in [1.54, 1.807) is 12.1 Å². The molecule has 2 rings (SSSR count). The lowest BCUT2D eigenvalue weighted by Gasteiger charge is -2.09. The summed E-state index contributed by atoms with van der Waals surface area (Å²) in [5.74, 6) is -0.0454. The van der Waals surface area contributed by atoms with Crippen LogP contribution in [0.15, 0.2) is 48.5 Å². The van der Waals surface area contributed by atoms with Crippen LogP contribution in [0.2, 0.25) is 0 Å². The van der Waals surface area contributed by atoms with Crippen molar-refractivity contribution < 1.29 is 9.53 Å². The van der Waals surface area contributed by atoms with Crippen LogP contribution in [0.5, 0.6) is 0 Å². The smallest absolute Gasteiger partial charge is 0.228 e. The van der Waals surface area contributed by atoms with Gasteiger partial charge in [0.05, 0.1) is 19.1 Å². The summed E-state index contributed by atoms with van der Waals surface area (Å²) in [4.78, 5) is 12.0. The first-order chi connectivity index (χ1) is 10.5. The SMILES string of the molecule is CC(C)OCc1ccc(NC(=O)Cc2ccc(N)cc2)cc1.Cl. The van der Waals surface area contributed by atoms with Crippen LogP contribution in [0.25, 0.3) is 0 Å². The largest absolute Gasteiger partial charge is 0.399 e. The van der Waals surface area contributed by atoms with Crippen LogP contribution in [0.3, 0.4) is 0 Å². The van der Waals surface area contributed by atoms with Gasteiger partial charge in [0.1, 0.15) is 0 Å². The summed E-state index contributed by atoms with van der Waals surface area (Å²) >= 11 is 0. The Labute approximate surface area is 143 Å². The molecule has 23 heavy (non-hydrogen) atoms. The van der Waals surface area contributed by atoms with Crippen molar-refractivity contribution in [3.63, 3.8) is 0 Å². The minimum Gasteiger partial charge on any atom is -0.399 e. The van der Waals surface area contributed by atoms with Gasteiger partial charge in [-0.2, -0.15) is 0 Å². The minimum atomic E-state index is -0.0454. The number of hydrogen-bond donors (Lipinski definition) is 2. The van der Waals surface area contributed by atoms with Gasteiger partial charge in [0, 0.05) is 11.4 Å². The van der Waals surface area contributed by atoms with Crippen LogP contribution in [-0.2, 0) is 22.6 Å². The number of carbonyl (C=O) groups is 1. The third-order valence-corrected chi connectivity index (χ3v) is 3.17. The Bertz CT molecular complexity index is 610. The van der Waals surface area contributed by atoms with Gasteiger partial charge >= 0.3 is 0 Å². The van der Waals surface area contributed by atoms with Crippen molar-refractivity contribution in [2.24, 2.45) is 0 Å². The fourth-order valence-corrected chi connectivity index (χ4v) is 1.97. The molecule has 0 saturated carbocycles. The van der Waals surface area contributed by atoms with Gasteiger partial charge in [0.2, 0.25) is 5.91 Å². The summed E-state index contributed by atoms with van der Waals surface area (Å²) in [7, 11) is 0. The molecule has 0 spiro atoms. The van der Waals surface area contributed by atoms with Crippen LogP contribution >= 0.6 is 12.4 Å². The van der Waals surface area contributed by atoms with E-state index in [4.69, 9.17) is 10.5 Å². The molecule has 0 unspecified atom stereocenters. The zero-order valence-electron chi connectivity index (χ0n) is 13.4.